The van der Waals surface area contributed by atoms with Crippen LogP contribution < -0.4 is 0 Å². The van der Waals surface area contributed by atoms with Gasteiger partial charge in [-0.05, 0) is 6.42 Å². The Morgan fingerprint density at radius 1 is 0.957 bits per heavy atom. The summed E-state index contributed by atoms with van der Waals surface area (Å²) in [4.78, 5) is 10.6. The summed E-state index contributed by atoms with van der Waals surface area (Å²) in [5.74, 6) is -24.2. The van der Waals surface area contributed by atoms with Crippen molar-refractivity contribution in [2.24, 2.45) is 0 Å². The van der Waals surface area contributed by atoms with Crippen LogP contribution in [0.3, 0.4) is 0 Å². The molecule has 0 radical (unpaired) electrons. The Bertz CT molecular complexity index is 420. The number of rotatable bonds is 10. The minimum absolute atomic E-state index is 0.595. The van der Waals surface area contributed by atoms with Gasteiger partial charge in [0, 0.05) is 18.9 Å². The second-order valence-electron chi connectivity index (χ2n) is 4.78. The van der Waals surface area contributed by atoms with Crippen LogP contribution in [0.5, 0.6) is 0 Å². The van der Waals surface area contributed by atoms with Gasteiger partial charge in [-0.1, -0.05) is 19.9 Å². The number of esters is 1. The van der Waals surface area contributed by atoms with Gasteiger partial charge in [0.05, 0.1) is 6.61 Å². The van der Waals surface area contributed by atoms with Crippen LogP contribution in [0.25, 0.3) is 0 Å². The maximum absolute atomic E-state index is 13.4. The first kappa shape index (κ1) is 21.6. The Hall–Kier alpha value is -1.35. The summed E-state index contributed by atoms with van der Waals surface area (Å²) < 4.78 is 110. The molecule has 0 aromatic rings. The third-order valence-electron chi connectivity index (χ3n) is 2.92. The number of halogens is 8. The van der Waals surface area contributed by atoms with E-state index in [0.29, 0.717) is 6.08 Å². The minimum Gasteiger partial charge on any atom is -0.463 e. The summed E-state index contributed by atoms with van der Waals surface area (Å²) in [5.41, 5.74) is 0. The first-order valence-electron chi connectivity index (χ1n) is 6.57. The number of alkyl halides is 8. The average Bonchev–Trinajstić information content (AvgIpc) is 2.42. The molecule has 0 N–H and O–H groups in total. The lowest BCUT2D eigenvalue weighted by molar-refractivity contribution is -0.368. The summed E-state index contributed by atoms with van der Waals surface area (Å²) >= 11 is 0. The van der Waals surface area contributed by atoms with E-state index in [2.05, 4.69) is 11.3 Å². The summed E-state index contributed by atoms with van der Waals surface area (Å²) in [6.45, 7) is 3.23. The van der Waals surface area contributed by atoms with Crippen LogP contribution in [0, 0.1) is 0 Å². The van der Waals surface area contributed by atoms with Gasteiger partial charge in [0.25, 0.3) is 0 Å². The Morgan fingerprint density at radius 2 is 1.39 bits per heavy atom. The summed E-state index contributed by atoms with van der Waals surface area (Å²) in [7, 11) is 0. The Labute approximate surface area is 127 Å². The van der Waals surface area contributed by atoms with Crippen molar-refractivity contribution in [2.45, 2.75) is 56.3 Å². The van der Waals surface area contributed by atoms with E-state index in [4.69, 9.17) is 0 Å². The molecule has 10 heteroatoms. The molecule has 136 valence electrons. The molecule has 0 aromatic heterocycles. The van der Waals surface area contributed by atoms with Gasteiger partial charge >= 0.3 is 29.7 Å². The molecule has 0 aliphatic carbocycles. The lowest BCUT2D eigenvalue weighted by atomic mass is 9.93. The first-order valence-corrected chi connectivity index (χ1v) is 6.57. The molecule has 0 unspecified atom stereocenters. The molecule has 0 heterocycles. The third-order valence-corrected chi connectivity index (χ3v) is 2.92. The van der Waals surface area contributed by atoms with Crippen LogP contribution in [0.2, 0.25) is 0 Å². The van der Waals surface area contributed by atoms with Crippen LogP contribution in [-0.4, -0.2) is 36.3 Å². The highest BCUT2D eigenvalue weighted by atomic mass is 19.4. The van der Waals surface area contributed by atoms with E-state index in [0.717, 1.165) is 6.92 Å². The van der Waals surface area contributed by atoms with Crippen molar-refractivity contribution in [3.05, 3.63) is 12.7 Å². The van der Waals surface area contributed by atoms with Gasteiger partial charge in [-0.25, -0.2) is 4.79 Å². The van der Waals surface area contributed by atoms with Crippen molar-refractivity contribution < 1.29 is 44.7 Å². The van der Waals surface area contributed by atoms with E-state index < -0.39 is 61.9 Å². The van der Waals surface area contributed by atoms with E-state index in [-0.39, 0.29) is 0 Å². The van der Waals surface area contributed by atoms with E-state index in [1.807, 2.05) is 0 Å². The molecule has 0 aromatic carbocycles. The van der Waals surface area contributed by atoms with Crippen LogP contribution in [-0.2, 0) is 9.53 Å². The molecular formula is C13H16F8O2. The van der Waals surface area contributed by atoms with Gasteiger partial charge in [-0.3, -0.25) is 0 Å². The fourth-order valence-electron chi connectivity index (χ4n) is 1.61. The third kappa shape index (κ3) is 4.57. The molecule has 2 nitrogen and oxygen atoms in total. The molecule has 23 heavy (non-hydrogen) atoms. The van der Waals surface area contributed by atoms with E-state index in [1.54, 1.807) is 0 Å². The quantitative estimate of drug-likeness (QED) is 0.242. The van der Waals surface area contributed by atoms with E-state index >= 15 is 0 Å². The van der Waals surface area contributed by atoms with Gasteiger partial charge < -0.3 is 4.74 Å². The molecule has 0 fully saturated rings. The predicted octanol–water partition coefficient (Wildman–Crippen LogP) is 4.84. The zero-order chi connectivity index (χ0) is 18.5. The highest BCUT2D eigenvalue weighted by molar-refractivity contribution is 5.81. The summed E-state index contributed by atoms with van der Waals surface area (Å²) in [5, 5.41) is 0. The fraction of sp³-hybridized carbons (Fsp3) is 0.769. The molecule has 0 bridgehead atoms. The highest BCUT2D eigenvalue weighted by Gasteiger charge is 2.79. The van der Waals surface area contributed by atoms with Crippen LogP contribution in [0.4, 0.5) is 35.1 Å². The predicted molar refractivity (Wildman–Crippen MR) is 65.1 cm³/mol. The van der Waals surface area contributed by atoms with Crippen LogP contribution in [0.1, 0.15) is 32.6 Å². The molecule has 0 rings (SSSR count). The fourth-order valence-corrected chi connectivity index (χ4v) is 1.61. The maximum atomic E-state index is 13.4. The second-order valence-corrected chi connectivity index (χ2v) is 4.78. The van der Waals surface area contributed by atoms with Gasteiger partial charge in [-0.2, -0.15) is 35.1 Å². The van der Waals surface area contributed by atoms with Gasteiger partial charge in [0.1, 0.15) is 0 Å². The summed E-state index contributed by atoms with van der Waals surface area (Å²) in [6, 6.07) is 0. The molecule has 0 atom stereocenters. The molecule has 0 saturated carbocycles. The molecule has 0 saturated heterocycles. The highest BCUT2D eigenvalue weighted by Crippen LogP contribution is 2.54. The molecular weight excluding hydrogens is 340 g/mol. The molecule has 0 amide bonds. The molecule has 0 spiro atoms. The first-order chi connectivity index (χ1) is 10.3. The van der Waals surface area contributed by atoms with E-state index in [1.165, 1.54) is 0 Å². The van der Waals surface area contributed by atoms with Crippen molar-refractivity contribution in [3.8, 4) is 0 Å². The van der Waals surface area contributed by atoms with Crippen molar-refractivity contribution >= 4 is 5.97 Å². The normalized spacial score (nSPS) is 13.8. The number of carbonyl (C=O) groups is 1. The largest absolute Gasteiger partial charge is 0.463 e. The van der Waals surface area contributed by atoms with Gasteiger partial charge in [-0.15, -0.1) is 0 Å². The average molecular weight is 356 g/mol. The van der Waals surface area contributed by atoms with Gasteiger partial charge in [0.2, 0.25) is 0 Å². The lowest BCUT2D eigenvalue weighted by Gasteiger charge is -2.36. The van der Waals surface area contributed by atoms with Crippen molar-refractivity contribution in [1.29, 1.82) is 0 Å². The van der Waals surface area contributed by atoms with Crippen LogP contribution in [0.15, 0.2) is 12.7 Å². The maximum Gasteiger partial charge on any atom is 0.378 e. The zero-order valence-corrected chi connectivity index (χ0v) is 12.2. The number of hydrogen-bond donors (Lipinski definition) is 0. The van der Waals surface area contributed by atoms with Crippen LogP contribution >= 0.6 is 0 Å². The monoisotopic (exact) mass is 356 g/mol. The van der Waals surface area contributed by atoms with Crippen molar-refractivity contribution in [2.75, 3.05) is 6.61 Å². The van der Waals surface area contributed by atoms with Crippen molar-refractivity contribution in [3.63, 3.8) is 0 Å². The topological polar surface area (TPSA) is 26.3 Å². The second kappa shape index (κ2) is 7.48. The minimum atomic E-state index is -6.26. The number of carbonyl (C=O) groups excluding carboxylic acids is 1. The lowest BCUT2D eigenvalue weighted by Crippen LogP contribution is -2.62. The zero-order valence-electron chi connectivity index (χ0n) is 12.2. The number of ether oxygens (including phenoxy) is 1. The Kier molecular flexibility index (Phi) is 7.04. The van der Waals surface area contributed by atoms with Gasteiger partial charge in [0.15, 0.2) is 0 Å². The smallest absolute Gasteiger partial charge is 0.378 e. The molecule has 0 aliphatic heterocycles. The van der Waals surface area contributed by atoms with Crippen molar-refractivity contribution in [1.82, 2.24) is 0 Å². The summed E-state index contributed by atoms with van der Waals surface area (Å²) in [6.07, 6.45) is -4.36. The van der Waals surface area contributed by atoms with E-state index in [9.17, 15) is 39.9 Å². The SMILES string of the molecule is C=CC(=O)OCCCC(F)(F)C(F)(F)C(F)(F)C(F)(F)CCC. The number of hydrogen-bond acceptors (Lipinski definition) is 2. The Balaban J connectivity index is 5.06. The standard InChI is InChI=1S/C13H16F8O2/c1-3-6-10(14,15)12(18,19)13(20,21)11(16,17)7-5-8-23-9(22)4-2/h4H,2-3,5-8H2,1H3. The Morgan fingerprint density at radius 3 is 1.78 bits per heavy atom. The molecule has 0 aliphatic rings.